The Morgan fingerprint density at radius 3 is 2.63 bits per heavy atom. The Balaban J connectivity index is 1.55. The highest BCUT2D eigenvalue weighted by Gasteiger charge is 2.19. The molecule has 0 saturated carbocycles. The first kappa shape index (κ1) is 17.2. The van der Waals surface area contributed by atoms with Crippen LogP contribution in [0.25, 0.3) is 11.3 Å². The summed E-state index contributed by atoms with van der Waals surface area (Å²) in [6.07, 6.45) is 3.73. The van der Waals surface area contributed by atoms with Gasteiger partial charge in [0.05, 0.1) is 5.69 Å². The molecule has 5 heteroatoms. The molecule has 0 unspecified atom stereocenters. The number of aryl methyl sites for hydroxylation is 1. The normalized spacial score (nSPS) is 13.6. The van der Waals surface area contributed by atoms with Crippen molar-refractivity contribution in [2.45, 2.75) is 19.8 Å². The molecule has 0 aliphatic carbocycles. The lowest BCUT2D eigenvalue weighted by Gasteiger charge is -2.16. The van der Waals surface area contributed by atoms with Gasteiger partial charge in [-0.25, -0.2) is 9.97 Å². The van der Waals surface area contributed by atoms with Crippen LogP contribution in [0.3, 0.4) is 0 Å². The number of aromatic nitrogens is 2. The van der Waals surface area contributed by atoms with E-state index in [1.165, 1.54) is 5.56 Å². The van der Waals surface area contributed by atoms with Gasteiger partial charge in [0.25, 0.3) is 5.91 Å². The molecule has 27 heavy (non-hydrogen) atoms. The molecule has 136 valence electrons. The van der Waals surface area contributed by atoms with E-state index in [0.717, 1.165) is 42.9 Å². The Hall–Kier alpha value is -3.21. The van der Waals surface area contributed by atoms with Crippen molar-refractivity contribution in [3.05, 3.63) is 72.1 Å². The maximum Gasteiger partial charge on any atom is 0.253 e. The second-order valence-corrected chi connectivity index (χ2v) is 6.86. The number of anilines is 2. The van der Waals surface area contributed by atoms with Gasteiger partial charge in [0.2, 0.25) is 0 Å². The second-order valence-electron chi connectivity index (χ2n) is 6.86. The van der Waals surface area contributed by atoms with E-state index < -0.39 is 0 Å². The topological polar surface area (TPSA) is 58.1 Å². The third kappa shape index (κ3) is 3.97. The number of rotatable bonds is 4. The number of amides is 1. The summed E-state index contributed by atoms with van der Waals surface area (Å²) in [7, 11) is 0. The summed E-state index contributed by atoms with van der Waals surface area (Å²) in [5, 5.41) is 3.29. The molecule has 0 radical (unpaired) electrons. The molecule has 0 spiro atoms. The molecule has 2 heterocycles. The van der Waals surface area contributed by atoms with Crippen LogP contribution < -0.4 is 5.32 Å². The lowest BCUT2D eigenvalue weighted by atomic mass is 10.1. The smallest absolute Gasteiger partial charge is 0.253 e. The van der Waals surface area contributed by atoms with Crippen LogP contribution >= 0.6 is 0 Å². The predicted octanol–water partition coefficient (Wildman–Crippen LogP) is 4.43. The number of nitrogens with one attached hydrogen (secondary N) is 1. The number of nitrogens with zero attached hydrogens (tertiary/aromatic N) is 3. The van der Waals surface area contributed by atoms with Gasteiger partial charge in [0, 0.05) is 36.0 Å². The molecule has 1 N–H and O–H groups in total. The van der Waals surface area contributed by atoms with Crippen LogP contribution in [0.4, 0.5) is 11.5 Å². The third-order valence-electron chi connectivity index (χ3n) is 4.76. The van der Waals surface area contributed by atoms with Gasteiger partial charge in [-0.05, 0) is 44.0 Å². The number of benzene rings is 2. The van der Waals surface area contributed by atoms with Gasteiger partial charge >= 0.3 is 0 Å². The number of hydrogen-bond donors (Lipinski definition) is 1. The molecule has 0 atom stereocenters. The van der Waals surface area contributed by atoms with Gasteiger partial charge in [-0.2, -0.15) is 0 Å². The Morgan fingerprint density at radius 2 is 1.81 bits per heavy atom. The van der Waals surface area contributed by atoms with Gasteiger partial charge in [0.1, 0.15) is 12.1 Å². The Labute approximate surface area is 159 Å². The summed E-state index contributed by atoms with van der Waals surface area (Å²) in [6.45, 7) is 3.76. The Bertz CT molecular complexity index is 964. The number of carbonyl (C=O) groups is 1. The zero-order valence-corrected chi connectivity index (χ0v) is 15.4. The van der Waals surface area contributed by atoms with Crippen LogP contribution in [0.15, 0.2) is 60.9 Å². The zero-order valence-electron chi connectivity index (χ0n) is 15.4. The summed E-state index contributed by atoms with van der Waals surface area (Å²) in [4.78, 5) is 23.2. The van der Waals surface area contributed by atoms with E-state index in [0.29, 0.717) is 11.4 Å². The molecule has 1 aliphatic rings. The second kappa shape index (κ2) is 7.58. The van der Waals surface area contributed by atoms with Crippen molar-refractivity contribution in [2.75, 3.05) is 18.4 Å². The predicted molar refractivity (Wildman–Crippen MR) is 107 cm³/mol. The number of likely N-dealkylation sites (tertiary alicyclic amines) is 1. The highest BCUT2D eigenvalue weighted by molar-refractivity contribution is 5.95. The lowest BCUT2D eigenvalue weighted by molar-refractivity contribution is 0.0793. The van der Waals surface area contributed by atoms with Crippen molar-refractivity contribution in [3.8, 4) is 11.3 Å². The minimum atomic E-state index is 0.0966. The van der Waals surface area contributed by atoms with Gasteiger partial charge < -0.3 is 10.2 Å². The van der Waals surface area contributed by atoms with E-state index >= 15 is 0 Å². The Morgan fingerprint density at radius 1 is 1.00 bits per heavy atom. The van der Waals surface area contributed by atoms with E-state index in [1.807, 2.05) is 47.4 Å². The molecular weight excluding hydrogens is 336 g/mol. The molecule has 1 fully saturated rings. The molecule has 2 aromatic carbocycles. The summed E-state index contributed by atoms with van der Waals surface area (Å²) in [5.74, 6) is 0.798. The van der Waals surface area contributed by atoms with E-state index in [2.05, 4.69) is 34.3 Å². The van der Waals surface area contributed by atoms with Crippen molar-refractivity contribution in [1.82, 2.24) is 14.9 Å². The highest BCUT2D eigenvalue weighted by atomic mass is 16.2. The van der Waals surface area contributed by atoms with Gasteiger partial charge in [-0.3, -0.25) is 4.79 Å². The first-order valence-corrected chi connectivity index (χ1v) is 9.24. The van der Waals surface area contributed by atoms with Crippen molar-refractivity contribution < 1.29 is 4.79 Å². The maximum atomic E-state index is 12.6. The van der Waals surface area contributed by atoms with Crippen molar-refractivity contribution in [1.29, 1.82) is 0 Å². The first-order valence-electron chi connectivity index (χ1n) is 9.24. The zero-order chi connectivity index (χ0) is 18.6. The van der Waals surface area contributed by atoms with Crippen LogP contribution in [0.2, 0.25) is 0 Å². The minimum absolute atomic E-state index is 0.0966. The first-order chi connectivity index (χ1) is 13.2. The van der Waals surface area contributed by atoms with E-state index in [9.17, 15) is 4.79 Å². The molecular formula is C22H22N4O. The van der Waals surface area contributed by atoms with E-state index in [-0.39, 0.29) is 5.91 Å². The fourth-order valence-corrected chi connectivity index (χ4v) is 3.37. The SMILES string of the molecule is Cc1cccc(-c2cc(Nc3cccc(C(=O)N4CCCC4)c3)ncn2)c1. The van der Waals surface area contributed by atoms with Crippen LogP contribution in [-0.4, -0.2) is 33.9 Å². The molecule has 1 amide bonds. The number of carbonyl (C=O) groups excluding carboxylic acids is 1. The molecule has 1 saturated heterocycles. The molecule has 4 rings (SSSR count). The van der Waals surface area contributed by atoms with Crippen molar-refractivity contribution >= 4 is 17.4 Å². The van der Waals surface area contributed by atoms with Gasteiger partial charge in [-0.15, -0.1) is 0 Å². The summed E-state index contributed by atoms with van der Waals surface area (Å²) in [5.41, 5.74) is 4.65. The quantitative estimate of drug-likeness (QED) is 0.749. The average Bonchev–Trinajstić information content (AvgIpc) is 3.23. The maximum absolute atomic E-state index is 12.6. The molecule has 1 aliphatic heterocycles. The fraction of sp³-hybridized carbons (Fsp3) is 0.227. The van der Waals surface area contributed by atoms with Crippen molar-refractivity contribution in [2.24, 2.45) is 0 Å². The standard InChI is InChI=1S/C22H22N4O/c1-16-6-4-7-17(12-16)20-14-21(24-15-23-20)25-19-9-5-8-18(13-19)22(27)26-10-2-3-11-26/h4-9,12-15H,2-3,10-11H2,1H3,(H,23,24,25). The summed E-state index contributed by atoms with van der Waals surface area (Å²) < 4.78 is 0. The summed E-state index contributed by atoms with van der Waals surface area (Å²) >= 11 is 0. The summed E-state index contributed by atoms with van der Waals surface area (Å²) in [6, 6.07) is 17.7. The molecule has 5 nitrogen and oxygen atoms in total. The van der Waals surface area contributed by atoms with E-state index in [4.69, 9.17) is 0 Å². The lowest BCUT2D eigenvalue weighted by Crippen LogP contribution is -2.27. The molecule has 0 bridgehead atoms. The van der Waals surface area contributed by atoms with Crippen LogP contribution in [0, 0.1) is 6.92 Å². The third-order valence-corrected chi connectivity index (χ3v) is 4.76. The van der Waals surface area contributed by atoms with E-state index in [1.54, 1.807) is 6.33 Å². The largest absolute Gasteiger partial charge is 0.340 e. The Kier molecular flexibility index (Phi) is 4.83. The highest BCUT2D eigenvalue weighted by Crippen LogP contribution is 2.23. The monoisotopic (exact) mass is 358 g/mol. The van der Waals surface area contributed by atoms with Crippen LogP contribution in [-0.2, 0) is 0 Å². The van der Waals surface area contributed by atoms with Gasteiger partial charge in [0.15, 0.2) is 0 Å². The van der Waals surface area contributed by atoms with Crippen molar-refractivity contribution in [3.63, 3.8) is 0 Å². The van der Waals surface area contributed by atoms with Crippen LogP contribution in [0.5, 0.6) is 0 Å². The average molecular weight is 358 g/mol. The fourth-order valence-electron chi connectivity index (χ4n) is 3.37. The molecule has 3 aromatic rings. The van der Waals surface area contributed by atoms with Crippen LogP contribution in [0.1, 0.15) is 28.8 Å². The molecule has 1 aromatic heterocycles. The minimum Gasteiger partial charge on any atom is -0.340 e. The van der Waals surface area contributed by atoms with Gasteiger partial charge in [-0.1, -0.05) is 29.8 Å². The number of hydrogen-bond acceptors (Lipinski definition) is 4.